The van der Waals surface area contributed by atoms with E-state index in [2.05, 4.69) is 0 Å². The number of rotatable bonds is 7. The molecule has 1 amide bonds. The summed E-state index contributed by atoms with van der Waals surface area (Å²) in [4.78, 5) is 25.5. The Morgan fingerprint density at radius 2 is 1.85 bits per heavy atom. The molecular formula is C24H22F4N2O3. The van der Waals surface area contributed by atoms with Gasteiger partial charge in [0.2, 0.25) is 5.91 Å². The normalized spacial score (nSPS) is 14.0. The van der Waals surface area contributed by atoms with Gasteiger partial charge in [-0.3, -0.25) is 9.59 Å². The highest BCUT2D eigenvalue weighted by Crippen LogP contribution is 2.38. The molecule has 2 aromatic carbocycles. The number of aromatic nitrogens is 1. The van der Waals surface area contributed by atoms with E-state index in [1.165, 1.54) is 39.9 Å². The zero-order valence-electron chi connectivity index (χ0n) is 17.8. The van der Waals surface area contributed by atoms with Gasteiger partial charge in [-0.25, -0.2) is 4.39 Å². The number of carbonyl (C=O) groups excluding carboxylic acids is 1. The van der Waals surface area contributed by atoms with Gasteiger partial charge in [-0.1, -0.05) is 6.07 Å². The van der Waals surface area contributed by atoms with Crippen LogP contribution in [-0.2, 0) is 28.9 Å². The molecule has 5 nitrogen and oxygen atoms in total. The van der Waals surface area contributed by atoms with E-state index >= 15 is 0 Å². The molecular weight excluding hydrogens is 440 g/mol. The number of hydrogen-bond acceptors (Lipinski definition) is 2. The molecule has 1 aliphatic carbocycles. The van der Waals surface area contributed by atoms with E-state index in [0.717, 1.165) is 25.0 Å². The predicted molar refractivity (Wildman–Crippen MR) is 114 cm³/mol. The number of nitrogens with zero attached hydrogens (tertiary/aromatic N) is 2. The molecule has 1 aromatic heterocycles. The Balaban J connectivity index is 1.88. The Kier molecular flexibility index (Phi) is 5.90. The highest BCUT2D eigenvalue weighted by atomic mass is 19.4. The first-order chi connectivity index (χ1) is 15.6. The number of amides is 1. The van der Waals surface area contributed by atoms with Crippen molar-refractivity contribution in [2.24, 2.45) is 5.92 Å². The molecule has 0 saturated heterocycles. The summed E-state index contributed by atoms with van der Waals surface area (Å²) in [7, 11) is 0. The van der Waals surface area contributed by atoms with Crippen LogP contribution in [0.4, 0.5) is 17.6 Å². The monoisotopic (exact) mass is 462 g/mol. The minimum atomic E-state index is -4.58. The molecule has 1 N–H and O–H groups in total. The first-order valence-corrected chi connectivity index (χ1v) is 10.6. The van der Waals surface area contributed by atoms with Gasteiger partial charge in [0.15, 0.2) is 0 Å². The van der Waals surface area contributed by atoms with Gasteiger partial charge < -0.3 is 14.6 Å². The smallest absolute Gasteiger partial charge is 0.416 e. The minimum absolute atomic E-state index is 0.0357. The van der Waals surface area contributed by atoms with Crippen molar-refractivity contribution in [2.45, 2.75) is 39.0 Å². The van der Waals surface area contributed by atoms with Crippen molar-refractivity contribution in [3.8, 4) is 11.1 Å². The fraction of sp³-hybridized carbons (Fsp3) is 0.333. The molecule has 3 aromatic rings. The van der Waals surface area contributed by atoms with Crippen molar-refractivity contribution in [3.63, 3.8) is 0 Å². The van der Waals surface area contributed by atoms with Crippen molar-refractivity contribution in [1.29, 1.82) is 0 Å². The average molecular weight is 462 g/mol. The van der Waals surface area contributed by atoms with Crippen LogP contribution in [0, 0.1) is 11.7 Å². The number of carboxylic acid groups (broad SMARTS) is 1. The van der Waals surface area contributed by atoms with Crippen LogP contribution in [0.25, 0.3) is 22.0 Å². The van der Waals surface area contributed by atoms with Crippen molar-refractivity contribution in [1.82, 2.24) is 9.47 Å². The highest BCUT2D eigenvalue weighted by molar-refractivity contribution is 5.97. The van der Waals surface area contributed by atoms with Gasteiger partial charge in [-0.15, -0.1) is 0 Å². The second-order valence-electron chi connectivity index (χ2n) is 8.22. The molecule has 0 radical (unpaired) electrons. The zero-order valence-corrected chi connectivity index (χ0v) is 17.8. The Labute approximate surface area is 187 Å². The fourth-order valence-corrected chi connectivity index (χ4v) is 4.06. The number of benzene rings is 2. The number of halogens is 4. The molecule has 0 bridgehead atoms. The quantitative estimate of drug-likeness (QED) is 0.484. The third-order valence-electron chi connectivity index (χ3n) is 5.85. The number of carbonyl (C=O) groups is 2. The Hall–Kier alpha value is -3.36. The molecule has 0 spiro atoms. The van der Waals surface area contributed by atoms with Crippen molar-refractivity contribution in [3.05, 3.63) is 59.5 Å². The average Bonchev–Trinajstić information content (AvgIpc) is 3.54. The third kappa shape index (κ3) is 4.72. The summed E-state index contributed by atoms with van der Waals surface area (Å²) in [6.07, 6.45) is -1.53. The van der Waals surface area contributed by atoms with Gasteiger partial charge in [0, 0.05) is 41.7 Å². The minimum Gasteiger partial charge on any atom is -0.480 e. The molecule has 1 saturated carbocycles. The number of hydrogen-bond donors (Lipinski definition) is 1. The molecule has 0 atom stereocenters. The maximum Gasteiger partial charge on any atom is 0.416 e. The highest BCUT2D eigenvalue weighted by Gasteiger charge is 2.34. The zero-order chi connectivity index (χ0) is 23.9. The SMILES string of the molecule is CCN(Cc1cc(C(F)(F)F)ccc1-c1cn(CC(=O)O)c2ccc(F)cc12)C(=O)C1CC1. The van der Waals surface area contributed by atoms with Crippen LogP contribution in [-0.4, -0.2) is 33.0 Å². The lowest BCUT2D eigenvalue weighted by molar-refractivity contribution is -0.138. The summed E-state index contributed by atoms with van der Waals surface area (Å²) in [5, 5.41) is 9.63. The van der Waals surface area contributed by atoms with E-state index in [9.17, 15) is 32.3 Å². The predicted octanol–water partition coefficient (Wildman–Crippen LogP) is 5.31. The summed E-state index contributed by atoms with van der Waals surface area (Å²) < 4.78 is 55.9. The number of fused-ring (bicyclic) bond motifs is 1. The Bertz CT molecular complexity index is 1230. The first kappa shape index (κ1) is 22.8. The van der Waals surface area contributed by atoms with Crippen molar-refractivity contribution >= 4 is 22.8 Å². The summed E-state index contributed by atoms with van der Waals surface area (Å²) in [6.45, 7) is 1.67. The van der Waals surface area contributed by atoms with Crippen molar-refractivity contribution in [2.75, 3.05) is 6.54 Å². The molecule has 0 aliphatic heterocycles. The molecule has 9 heteroatoms. The van der Waals surface area contributed by atoms with E-state index in [1.807, 2.05) is 0 Å². The maximum atomic E-state index is 14.1. The fourth-order valence-electron chi connectivity index (χ4n) is 4.06. The molecule has 1 heterocycles. The lowest BCUT2D eigenvalue weighted by Crippen LogP contribution is -2.31. The van der Waals surface area contributed by atoms with E-state index in [4.69, 9.17) is 0 Å². The standard InChI is InChI=1S/C24H22F4N2O3/c1-2-29(23(33)14-3-4-14)11-15-9-16(24(26,27)28)5-7-18(15)20-12-30(13-22(31)32)21-8-6-17(25)10-19(20)21/h5-10,12,14H,2-4,11,13H2,1H3,(H,31,32). The van der Waals surface area contributed by atoms with Gasteiger partial charge in [-0.05, 0) is 61.2 Å². The first-order valence-electron chi connectivity index (χ1n) is 10.6. The maximum absolute atomic E-state index is 14.1. The van der Waals surface area contributed by atoms with Crippen LogP contribution in [0.2, 0.25) is 0 Å². The second-order valence-corrected chi connectivity index (χ2v) is 8.22. The van der Waals surface area contributed by atoms with Gasteiger partial charge in [0.05, 0.1) is 5.56 Å². The number of carboxylic acids is 1. The van der Waals surface area contributed by atoms with E-state index in [1.54, 1.807) is 6.92 Å². The van der Waals surface area contributed by atoms with Crippen LogP contribution in [0.5, 0.6) is 0 Å². The summed E-state index contributed by atoms with van der Waals surface area (Å²) in [5.74, 6) is -1.85. The Morgan fingerprint density at radius 1 is 1.12 bits per heavy atom. The van der Waals surface area contributed by atoms with Crippen LogP contribution < -0.4 is 0 Å². The molecule has 0 unspecified atom stereocenters. The van der Waals surface area contributed by atoms with Gasteiger partial charge >= 0.3 is 12.1 Å². The third-order valence-corrected chi connectivity index (χ3v) is 5.85. The van der Waals surface area contributed by atoms with Gasteiger partial charge in [0.1, 0.15) is 12.4 Å². The van der Waals surface area contributed by atoms with Gasteiger partial charge in [0.25, 0.3) is 0 Å². The Morgan fingerprint density at radius 3 is 2.45 bits per heavy atom. The van der Waals surface area contributed by atoms with Crippen LogP contribution in [0.1, 0.15) is 30.9 Å². The summed E-state index contributed by atoms with van der Waals surface area (Å²) in [6, 6.07) is 7.13. The van der Waals surface area contributed by atoms with Crippen LogP contribution in [0.15, 0.2) is 42.6 Å². The molecule has 1 aliphatic rings. The van der Waals surface area contributed by atoms with Gasteiger partial charge in [-0.2, -0.15) is 13.2 Å². The van der Waals surface area contributed by atoms with Crippen LogP contribution in [0.3, 0.4) is 0 Å². The molecule has 1 fully saturated rings. The van der Waals surface area contributed by atoms with E-state index in [0.29, 0.717) is 28.6 Å². The lowest BCUT2D eigenvalue weighted by atomic mass is 9.96. The molecule has 4 rings (SSSR count). The lowest BCUT2D eigenvalue weighted by Gasteiger charge is -2.23. The number of alkyl halides is 3. The topological polar surface area (TPSA) is 62.5 Å². The van der Waals surface area contributed by atoms with Crippen LogP contribution >= 0.6 is 0 Å². The van der Waals surface area contributed by atoms with E-state index < -0.39 is 23.5 Å². The largest absolute Gasteiger partial charge is 0.480 e. The van der Waals surface area contributed by atoms with Crippen molar-refractivity contribution < 1.29 is 32.3 Å². The summed E-state index contributed by atoms with van der Waals surface area (Å²) in [5.41, 5.74) is 0.658. The van der Waals surface area contributed by atoms with E-state index in [-0.39, 0.29) is 30.5 Å². The number of aliphatic carboxylic acids is 1. The summed E-state index contributed by atoms with van der Waals surface area (Å²) >= 11 is 0. The molecule has 174 valence electrons. The second kappa shape index (κ2) is 8.53. The molecule has 33 heavy (non-hydrogen) atoms.